The maximum Gasteiger partial charge on any atom is 0.227 e. The normalized spacial score (nSPS) is 14.8. The Kier molecular flexibility index (Phi) is 16.6. The molecule has 6 rings (SSSR count). The van der Waals surface area contributed by atoms with Crippen molar-refractivity contribution < 1.29 is 9.47 Å². The molecule has 2 aromatic carbocycles. The van der Waals surface area contributed by atoms with Gasteiger partial charge in [0.25, 0.3) is 0 Å². The van der Waals surface area contributed by atoms with Crippen LogP contribution in [0.25, 0.3) is 22.2 Å². The first-order valence-electron chi connectivity index (χ1n) is 17.1. The number of ether oxygens (including phenoxy) is 2. The third kappa shape index (κ3) is 12.8. The Balaban J connectivity index is 0.000000260. The van der Waals surface area contributed by atoms with E-state index in [-0.39, 0.29) is 0 Å². The fourth-order valence-electron chi connectivity index (χ4n) is 5.77. The molecular weight excluding hydrogens is 796 g/mol. The second-order valence-corrected chi connectivity index (χ2v) is 11.9. The van der Waals surface area contributed by atoms with Crippen molar-refractivity contribution in [1.82, 2.24) is 19.4 Å². The van der Waals surface area contributed by atoms with Gasteiger partial charge in [0.05, 0.1) is 40.9 Å². The second kappa shape index (κ2) is 23.2. The Morgan fingerprint density at radius 3 is 1.95 bits per heavy atom. The summed E-state index contributed by atoms with van der Waals surface area (Å²) in [5.74, 6) is 1.61. The zero-order valence-electron chi connectivity index (χ0n) is 30.9. The van der Waals surface area contributed by atoms with E-state index in [0.717, 1.165) is 50.0 Å². The summed E-state index contributed by atoms with van der Waals surface area (Å²) in [7, 11) is 1.62. The van der Waals surface area contributed by atoms with Gasteiger partial charge in [-0.1, -0.05) is 29.8 Å². The van der Waals surface area contributed by atoms with Gasteiger partial charge in [-0.2, -0.15) is 11.1 Å². The van der Waals surface area contributed by atoms with Crippen LogP contribution in [0.3, 0.4) is 0 Å². The lowest BCUT2D eigenvalue weighted by Gasteiger charge is -2.18. The molecule has 0 aliphatic carbocycles. The molecular formula is C28H33ClN28O2. The third-order valence-electron chi connectivity index (χ3n) is 8.04. The van der Waals surface area contributed by atoms with E-state index < -0.39 is 0 Å². The summed E-state index contributed by atoms with van der Waals surface area (Å²) in [5.41, 5.74) is 24.2. The fraction of sp³-hybridized carbons (Fsp3) is 0.357. The van der Waals surface area contributed by atoms with Crippen LogP contribution in [0.1, 0.15) is 24.8 Å². The average molecular weight is 829 g/mol. The second-order valence-electron chi connectivity index (χ2n) is 11.5. The minimum Gasteiger partial charge on any atom is -0.494 e. The molecule has 0 atom stereocenters. The number of para-hydroxylation sites is 1. The number of aryl methyl sites for hydroxylation is 2. The molecule has 304 valence electrons. The van der Waals surface area contributed by atoms with E-state index in [0.29, 0.717) is 46.1 Å². The van der Waals surface area contributed by atoms with E-state index in [1.807, 2.05) is 6.07 Å². The summed E-state index contributed by atoms with van der Waals surface area (Å²) in [6.45, 7) is 4.73. The van der Waals surface area contributed by atoms with Gasteiger partial charge in [0.2, 0.25) is 5.95 Å². The SMILES string of the molecule is COc1cc(OCCN2CCCC2)c(N)cc1Nc1ncc(Cl)c(-c2cn3c4c(cccc24)CCC3)n1.N=N/N=N/N=N/N=N/N=N/N=N/N=N/N=N/N=N/N=N/N=N. The Hall–Kier alpha value is -7.89. The molecule has 0 unspecified atom stereocenters. The minimum absolute atomic E-state index is 0.409. The molecule has 2 aromatic heterocycles. The Labute approximate surface area is 336 Å². The summed E-state index contributed by atoms with van der Waals surface area (Å²) < 4.78 is 13.9. The van der Waals surface area contributed by atoms with Crippen LogP contribution >= 0.6 is 11.6 Å². The summed E-state index contributed by atoms with van der Waals surface area (Å²) in [6.07, 6.45) is 8.51. The van der Waals surface area contributed by atoms with E-state index in [4.69, 9.17) is 42.9 Å². The number of aromatic nitrogens is 3. The van der Waals surface area contributed by atoms with Crippen molar-refractivity contribution >= 4 is 39.8 Å². The Morgan fingerprint density at radius 1 is 0.780 bits per heavy atom. The first-order valence-corrected chi connectivity index (χ1v) is 17.5. The minimum atomic E-state index is 0.409. The van der Waals surface area contributed by atoms with Gasteiger partial charge in [0.1, 0.15) is 18.1 Å². The third-order valence-corrected chi connectivity index (χ3v) is 8.31. The number of hydrogen-bond donors (Lipinski definition) is 4. The molecule has 1 fully saturated rings. The van der Waals surface area contributed by atoms with Crippen molar-refractivity contribution in [2.45, 2.75) is 32.2 Å². The van der Waals surface area contributed by atoms with Gasteiger partial charge in [-0.15, -0.1) is 0 Å². The topological polar surface area (TPSA) is 385 Å². The molecule has 0 bridgehead atoms. The smallest absolute Gasteiger partial charge is 0.227 e. The highest BCUT2D eigenvalue weighted by Gasteiger charge is 2.20. The lowest BCUT2D eigenvalue weighted by Crippen LogP contribution is -2.25. The highest BCUT2D eigenvalue weighted by molar-refractivity contribution is 6.33. The average Bonchev–Trinajstić information content (AvgIpc) is 3.91. The van der Waals surface area contributed by atoms with E-state index in [1.54, 1.807) is 19.4 Å². The highest BCUT2D eigenvalue weighted by atomic mass is 35.5. The van der Waals surface area contributed by atoms with Crippen LogP contribution < -0.4 is 20.5 Å². The monoisotopic (exact) mass is 828 g/mol. The number of anilines is 3. The number of nitrogens with one attached hydrogen (secondary N) is 3. The van der Waals surface area contributed by atoms with Crippen LogP contribution in [0, 0.1) is 11.1 Å². The van der Waals surface area contributed by atoms with Crippen molar-refractivity contribution in [3.8, 4) is 22.8 Å². The first-order chi connectivity index (χ1) is 29.0. The van der Waals surface area contributed by atoms with Crippen molar-refractivity contribution in [3.63, 3.8) is 0 Å². The quantitative estimate of drug-likeness (QED) is 0.0426. The van der Waals surface area contributed by atoms with Crippen molar-refractivity contribution in [1.29, 1.82) is 11.1 Å². The summed E-state index contributed by atoms with van der Waals surface area (Å²) in [4.78, 5) is 11.6. The van der Waals surface area contributed by atoms with E-state index in [2.05, 4.69) is 149 Å². The lowest BCUT2D eigenvalue weighted by atomic mass is 10.0. The largest absolute Gasteiger partial charge is 0.494 e. The Bertz CT molecular complexity index is 2260. The number of benzene rings is 2. The Morgan fingerprint density at radius 2 is 1.37 bits per heavy atom. The van der Waals surface area contributed by atoms with Crippen molar-refractivity contribution in [3.05, 3.63) is 53.3 Å². The van der Waals surface area contributed by atoms with Gasteiger partial charge in [0, 0.05) is 57.2 Å². The zero-order valence-corrected chi connectivity index (χ0v) is 31.7. The predicted octanol–water partition coefficient (Wildman–Crippen LogP) is 9.78. The van der Waals surface area contributed by atoms with Gasteiger partial charge >= 0.3 is 0 Å². The van der Waals surface area contributed by atoms with Crippen LogP contribution in [0.2, 0.25) is 5.02 Å². The number of methoxy groups -OCH3 is 1. The molecule has 4 aromatic rings. The number of nitrogens with zero attached hydrogens (tertiary/aromatic N) is 24. The predicted molar refractivity (Wildman–Crippen MR) is 202 cm³/mol. The van der Waals surface area contributed by atoms with Gasteiger partial charge < -0.3 is 25.1 Å². The summed E-state index contributed by atoms with van der Waals surface area (Å²) in [5, 5.41) is 62.5. The van der Waals surface area contributed by atoms with Crippen LogP contribution in [0.4, 0.5) is 17.3 Å². The molecule has 0 spiro atoms. The number of hydrogen-bond acceptors (Lipinski definition) is 9. The molecule has 1 saturated heterocycles. The number of nitrogens with two attached hydrogens (primary N) is 1. The fourth-order valence-corrected chi connectivity index (χ4v) is 5.96. The van der Waals surface area contributed by atoms with Crippen molar-refractivity contribution in [2.75, 3.05) is 44.4 Å². The number of halogens is 1. The maximum absolute atomic E-state index is 6.62. The summed E-state index contributed by atoms with van der Waals surface area (Å²) in [6, 6.07) is 10.0. The van der Waals surface area contributed by atoms with E-state index >= 15 is 0 Å². The molecule has 4 heterocycles. The number of rotatable bonds is 18. The molecule has 2 aliphatic heterocycles. The van der Waals surface area contributed by atoms with Gasteiger partial charge in [-0.3, -0.25) is 4.90 Å². The molecule has 5 N–H and O–H groups in total. The van der Waals surface area contributed by atoms with E-state index in [1.165, 1.54) is 23.9 Å². The van der Waals surface area contributed by atoms with Crippen LogP contribution in [0.15, 0.2) is 147 Å². The molecule has 0 saturated carbocycles. The van der Waals surface area contributed by atoms with E-state index in [9.17, 15) is 0 Å². The molecule has 30 nitrogen and oxygen atoms in total. The molecule has 31 heteroatoms. The van der Waals surface area contributed by atoms with Crippen LogP contribution in [0.5, 0.6) is 11.5 Å². The van der Waals surface area contributed by atoms with Crippen LogP contribution in [-0.4, -0.2) is 52.8 Å². The number of nitrogen functional groups attached to an aromatic ring is 1. The van der Waals surface area contributed by atoms with Gasteiger partial charge in [-0.05, 0) is 134 Å². The highest BCUT2D eigenvalue weighted by Crippen LogP contribution is 2.39. The molecule has 59 heavy (non-hydrogen) atoms. The zero-order chi connectivity index (χ0) is 41.5. The maximum atomic E-state index is 6.62. The molecule has 0 radical (unpaired) electrons. The molecule has 0 amide bonds. The van der Waals surface area contributed by atoms with Gasteiger partial charge in [0.15, 0.2) is 0 Å². The standard InChI is InChI=1S/C28H31ClN6O2.H2N22/c1-36-25-15-24(37-13-12-34-9-2-3-10-34)22(30)14-23(25)32-28-31-16-21(29)26(33-28)20-17-35-11-5-7-18-6-4-8-19(20)27(18)35;1-3-5-7-9-11-13-15-17-19-21-22-20-18-16-14-12-10-8-6-4-2/h4,6,8,14-17H,2-3,5,7,9-13,30H2,1H3,(H,31,32,33);1-2H/b;3-1?,4-2?,7-5+,8-6+,11-9+,12-10+,15-13+,16-14+,19-17+,20-18+,22-21+. The van der Waals surface area contributed by atoms with Crippen LogP contribution in [-0.2, 0) is 13.0 Å². The van der Waals surface area contributed by atoms with Gasteiger partial charge in [-0.25, -0.2) is 9.97 Å². The first kappa shape index (κ1) is 42.3. The lowest BCUT2D eigenvalue weighted by molar-refractivity contribution is 0.238. The number of likely N-dealkylation sites (tertiary alicyclic amines) is 1. The summed E-state index contributed by atoms with van der Waals surface area (Å²) >= 11 is 6.62. The van der Waals surface area contributed by atoms with Crippen molar-refractivity contribution in [2.24, 2.45) is 104 Å². The molecule has 2 aliphatic rings.